The molecule has 0 spiro atoms. The molecule has 1 saturated heterocycles. The Morgan fingerprint density at radius 3 is 2.79 bits per heavy atom. The minimum atomic E-state index is 0. The van der Waals surface area contributed by atoms with Gasteiger partial charge < -0.3 is 10.2 Å². The predicted molar refractivity (Wildman–Crippen MR) is 122 cm³/mol. The maximum atomic E-state index is 13.0. The number of hydrogen-bond acceptors (Lipinski definition) is 5. The molecule has 1 N–H and O–H groups in total. The Balaban J connectivity index is 0.00000150. The van der Waals surface area contributed by atoms with E-state index in [-0.39, 0.29) is 36.8 Å². The molecule has 4 rings (SSSR count). The van der Waals surface area contributed by atoms with Crippen molar-refractivity contribution in [1.29, 1.82) is 0 Å². The third-order valence-electron chi connectivity index (χ3n) is 4.77. The third-order valence-corrected chi connectivity index (χ3v) is 5.67. The molecule has 1 aliphatic heterocycles. The van der Waals surface area contributed by atoms with Gasteiger partial charge >= 0.3 is 0 Å². The van der Waals surface area contributed by atoms with Crippen LogP contribution in [0.1, 0.15) is 30.3 Å². The Morgan fingerprint density at radius 2 is 2.10 bits per heavy atom. The SMILES string of the molecule is CCCN(C(=O)c1csc(-c2cnn(-c3ccccc3)c2)n1)C1CCNC1.Cl.Cl. The van der Waals surface area contributed by atoms with Crippen LogP contribution in [-0.2, 0) is 0 Å². The van der Waals surface area contributed by atoms with E-state index in [2.05, 4.69) is 22.3 Å². The smallest absolute Gasteiger partial charge is 0.273 e. The minimum absolute atomic E-state index is 0. The van der Waals surface area contributed by atoms with Gasteiger partial charge in [-0.25, -0.2) is 9.67 Å². The van der Waals surface area contributed by atoms with E-state index < -0.39 is 0 Å². The second-order valence-corrected chi connectivity index (χ2v) is 7.55. The Morgan fingerprint density at radius 1 is 1.31 bits per heavy atom. The molecule has 1 fully saturated rings. The van der Waals surface area contributed by atoms with Crippen molar-refractivity contribution in [1.82, 2.24) is 25.0 Å². The van der Waals surface area contributed by atoms with E-state index in [0.29, 0.717) is 5.69 Å². The first-order valence-electron chi connectivity index (χ1n) is 9.34. The number of aromatic nitrogens is 3. The van der Waals surface area contributed by atoms with Gasteiger partial charge in [0.15, 0.2) is 0 Å². The number of hydrogen-bond donors (Lipinski definition) is 1. The Hall–Kier alpha value is -1.93. The molecule has 0 saturated carbocycles. The Kier molecular flexibility index (Phi) is 8.64. The first-order chi connectivity index (χ1) is 13.3. The van der Waals surface area contributed by atoms with Gasteiger partial charge in [0.05, 0.1) is 11.9 Å². The maximum Gasteiger partial charge on any atom is 0.273 e. The van der Waals surface area contributed by atoms with E-state index in [0.717, 1.165) is 48.7 Å². The van der Waals surface area contributed by atoms with Crippen LogP contribution in [0.3, 0.4) is 0 Å². The fourth-order valence-electron chi connectivity index (χ4n) is 3.40. The lowest BCUT2D eigenvalue weighted by Crippen LogP contribution is -2.42. The fourth-order valence-corrected chi connectivity index (χ4v) is 4.17. The average molecular weight is 454 g/mol. The van der Waals surface area contributed by atoms with Crippen LogP contribution >= 0.6 is 36.2 Å². The zero-order valence-corrected chi connectivity index (χ0v) is 18.6. The van der Waals surface area contributed by atoms with Crippen molar-refractivity contribution < 1.29 is 4.79 Å². The van der Waals surface area contributed by atoms with Gasteiger partial charge in [-0.3, -0.25) is 4.79 Å². The molecule has 3 aromatic rings. The largest absolute Gasteiger partial charge is 0.333 e. The van der Waals surface area contributed by atoms with Gasteiger partial charge in [-0.2, -0.15) is 5.10 Å². The summed E-state index contributed by atoms with van der Waals surface area (Å²) < 4.78 is 1.83. The summed E-state index contributed by atoms with van der Waals surface area (Å²) in [4.78, 5) is 19.6. The Bertz CT molecular complexity index is 909. The van der Waals surface area contributed by atoms with Crippen LogP contribution in [0.25, 0.3) is 16.3 Å². The summed E-state index contributed by atoms with van der Waals surface area (Å²) in [5.74, 6) is 0.0310. The standard InChI is InChI=1S/C20H23N5OS.2ClH/c1-2-10-24(17-8-9-21-12-17)20(26)18-14-27-19(23-18)15-11-22-25(13-15)16-6-4-3-5-7-16;;/h3-7,11,13-14,17,21H,2,8-10,12H2,1H3;2*1H. The number of halogens is 2. The van der Waals surface area contributed by atoms with Gasteiger partial charge in [-0.05, 0) is 31.5 Å². The van der Waals surface area contributed by atoms with Crippen molar-refractivity contribution in [3.8, 4) is 16.3 Å². The van der Waals surface area contributed by atoms with Crippen LogP contribution in [0, 0.1) is 0 Å². The molecular formula is C20H25Cl2N5OS. The molecule has 1 aromatic carbocycles. The van der Waals surface area contributed by atoms with E-state index in [1.165, 1.54) is 11.3 Å². The molecule has 1 amide bonds. The van der Waals surface area contributed by atoms with Crippen molar-refractivity contribution in [3.05, 3.63) is 53.8 Å². The van der Waals surface area contributed by atoms with Gasteiger partial charge in [0, 0.05) is 36.3 Å². The molecular weight excluding hydrogens is 429 g/mol. The average Bonchev–Trinajstić information content (AvgIpc) is 3.47. The molecule has 6 nitrogen and oxygen atoms in total. The first-order valence-corrected chi connectivity index (χ1v) is 10.2. The number of carbonyl (C=O) groups is 1. The van der Waals surface area contributed by atoms with Crippen LogP contribution in [0.5, 0.6) is 0 Å². The maximum absolute atomic E-state index is 13.0. The molecule has 3 heterocycles. The molecule has 1 aliphatic rings. The van der Waals surface area contributed by atoms with Crippen molar-refractivity contribution in [2.24, 2.45) is 0 Å². The van der Waals surface area contributed by atoms with Crippen molar-refractivity contribution in [2.75, 3.05) is 19.6 Å². The lowest BCUT2D eigenvalue weighted by atomic mass is 10.2. The molecule has 1 unspecified atom stereocenters. The second-order valence-electron chi connectivity index (χ2n) is 6.69. The van der Waals surface area contributed by atoms with Gasteiger partial charge in [-0.1, -0.05) is 25.1 Å². The summed E-state index contributed by atoms with van der Waals surface area (Å²) in [6.45, 7) is 4.71. The summed E-state index contributed by atoms with van der Waals surface area (Å²) >= 11 is 1.49. The lowest BCUT2D eigenvalue weighted by Gasteiger charge is -2.27. The first kappa shape index (κ1) is 23.3. The molecule has 0 bridgehead atoms. The molecule has 9 heteroatoms. The van der Waals surface area contributed by atoms with Crippen LogP contribution in [-0.4, -0.2) is 51.2 Å². The second kappa shape index (κ2) is 10.7. The summed E-state index contributed by atoms with van der Waals surface area (Å²) in [6.07, 6.45) is 5.70. The zero-order valence-electron chi connectivity index (χ0n) is 16.2. The molecule has 156 valence electrons. The predicted octanol–water partition coefficient (Wildman–Crippen LogP) is 4.05. The van der Waals surface area contributed by atoms with Gasteiger partial charge in [0.25, 0.3) is 5.91 Å². The number of para-hydroxylation sites is 1. The van der Waals surface area contributed by atoms with Gasteiger partial charge in [0.1, 0.15) is 10.7 Å². The van der Waals surface area contributed by atoms with Crippen molar-refractivity contribution in [3.63, 3.8) is 0 Å². The monoisotopic (exact) mass is 453 g/mol. The summed E-state index contributed by atoms with van der Waals surface area (Å²) in [5.41, 5.74) is 2.45. The lowest BCUT2D eigenvalue weighted by molar-refractivity contribution is 0.0687. The van der Waals surface area contributed by atoms with Crippen molar-refractivity contribution >= 4 is 42.1 Å². The third kappa shape index (κ3) is 5.17. The number of nitrogens with one attached hydrogen (secondary N) is 1. The number of thiazole rings is 1. The van der Waals surface area contributed by atoms with Crippen LogP contribution in [0.15, 0.2) is 48.1 Å². The number of benzene rings is 1. The fraction of sp³-hybridized carbons (Fsp3) is 0.350. The number of nitrogens with zero attached hydrogens (tertiary/aromatic N) is 4. The van der Waals surface area contributed by atoms with Crippen LogP contribution in [0.4, 0.5) is 0 Å². The van der Waals surface area contributed by atoms with E-state index in [1.54, 1.807) is 6.20 Å². The van der Waals surface area contributed by atoms with Crippen LogP contribution < -0.4 is 5.32 Å². The number of carbonyl (C=O) groups excluding carboxylic acids is 1. The highest BCUT2D eigenvalue weighted by molar-refractivity contribution is 7.13. The van der Waals surface area contributed by atoms with E-state index in [4.69, 9.17) is 0 Å². The van der Waals surface area contributed by atoms with Gasteiger partial charge in [-0.15, -0.1) is 36.2 Å². The number of rotatable bonds is 6. The Labute approximate surface area is 187 Å². The topological polar surface area (TPSA) is 63.1 Å². The molecule has 2 aromatic heterocycles. The highest BCUT2D eigenvalue weighted by atomic mass is 35.5. The van der Waals surface area contributed by atoms with Crippen LogP contribution in [0.2, 0.25) is 0 Å². The summed E-state index contributed by atoms with van der Waals surface area (Å²) in [6, 6.07) is 10.2. The number of amides is 1. The molecule has 1 atom stereocenters. The summed E-state index contributed by atoms with van der Waals surface area (Å²) in [7, 11) is 0. The normalized spacial score (nSPS) is 15.4. The van der Waals surface area contributed by atoms with E-state index in [9.17, 15) is 4.79 Å². The highest BCUT2D eigenvalue weighted by Gasteiger charge is 2.28. The highest BCUT2D eigenvalue weighted by Crippen LogP contribution is 2.25. The van der Waals surface area contributed by atoms with E-state index in [1.807, 2.05) is 51.5 Å². The van der Waals surface area contributed by atoms with Crippen molar-refractivity contribution in [2.45, 2.75) is 25.8 Å². The zero-order chi connectivity index (χ0) is 18.6. The van der Waals surface area contributed by atoms with Gasteiger partial charge in [0.2, 0.25) is 0 Å². The quantitative estimate of drug-likeness (QED) is 0.611. The summed E-state index contributed by atoms with van der Waals surface area (Å²) in [5, 5.41) is 10.5. The van der Waals surface area contributed by atoms with E-state index >= 15 is 0 Å². The molecule has 29 heavy (non-hydrogen) atoms. The minimum Gasteiger partial charge on any atom is -0.333 e. The molecule has 0 radical (unpaired) electrons. The molecule has 0 aliphatic carbocycles.